The molecule has 33 heavy (non-hydrogen) atoms. The Morgan fingerprint density at radius 2 is 1.85 bits per heavy atom. The molecule has 0 aliphatic carbocycles. The molecule has 3 aromatic rings. The molecule has 0 saturated carbocycles. The smallest absolute Gasteiger partial charge is 1.00 e. The fourth-order valence-electron chi connectivity index (χ4n) is 3.02. The number of nitrogens with one attached hydrogen (secondary N) is 1. The molecule has 2 heterocycles. The molecule has 0 aliphatic rings. The number of hydrogen-bond donors (Lipinski definition) is 2. The van der Waals surface area contributed by atoms with Crippen molar-refractivity contribution in [3.05, 3.63) is 63.7 Å². The van der Waals surface area contributed by atoms with Crippen LogP contribution in [0.25, 0.3) is 0 Å². The van der Waals surface area contributed by atoms with Crippen LogP contribution in [0.4, 0.5) is 10.1 Å². The normalized spacial score (nSPS) is 11.0. The molecule has 0 spiro atoms. The Balaban J connectivity index is 0.00000289. The quantitative estimate of drug-likeness (QED) is 0.411. The van der Waals surface area contributed by atoms with E-state index in [-0.39, 0.29) is 70.4 Å². The molecule has 0 aliphatic heterocycles. The number of aromatic nitrogens is 4. The summed E-state index contributed by atoms with van der Waals surface area (Å²) in [5.74, 6) is -2.96. The predicted octanol–water partition coefficient (Wildman–Crippen LogP) is -1.63. The van der Waals surface area contributed by atoms with Gasteiger partial charge < -0.3 is 21.2 Å². The van der Waals surface area contributed by atoms with Crippen LogP contribution in [0, 0.1) is 12.7 Å². The van der Waals surface area contributed by atoms with E-state index in [1.165, 1.54) is 45.3 Å². The average Bonchev–Trinajstić information content (AvgIpc) is 3.18. The molecular weight excluding hydrogens is 462 g/mol. The van der Waals surface area contributed by atoms with E-state index in [1.807, 2.05) is 0 Å². The number of rotatable bonds is 5. The maximum atomic E-state index is 13.2. The Morgan fingerprint density at radius 3 is 2.39 bits per heavy atom. The van der Waals surface area contributed by atoms with Gasteiger partial charge in [-0.25, -0.2) is 9.37 Å². The topological polar surface area (TPSA) is 143 Å². The summed E-state index contributed by atoms with van der Waals surface area (Å²) in [5.41, 5.74) is -2.38. The van der Waals surface area contributed by atoms with E-state index in [0.717, 1.165) is 9.47 Å². The Morgan fingerprint density at radius 1 is 1.24 bits per heavy atom. The van der Waals surface area contributed by atoms with Crippen molar-refractivity contribution in [3.63, 3.8) is 0 Å². The summed E-state index contributed by atoms with van der Waals surface area (Å²) >= 11 is 0. The van der Waals surface area contributed by atoms with Crippen molar-refractivity contribution in [2.45, 2.75) is 26.3 Å². The summed E-state index contributed by atoms with van der Waals surface area (Å²) in [4.78, 5) is 43.4. The van der Waals surface area contributed by atoms with Gasteiger partial charge in [0.1, 0.15) is 11.6 Å². The van der Waals surface area contributed by atoms with Gasteiger partial charge in [0.25, 0.3) is 11.5 Å². The molecule has 0 unspecified atom stereocenters. The monoisotopic (exact) mass is 484 g/mol. The second kappa shape index (κ2) is 10.2. The molecule has 0 fully saturated rings. The zero-order chi connectivity index (χ0) is 23.8. The van der Waals surface area contributed by atoms with Crippen LogP contribution in [0.5, 0.6) is 5.75 Å². The summed E-state index contributed by atoms with van der Waals surface area (Å²) < 4.78 is 19.3. The van der Waals surface area contributed by atoms with Crippen LogP contribution >= 0.6 is 0 Å². The molecule has 3 rings (SSSR count). The number of carbonyl (C=O) groups excluding carboxylic acids is 2. The fraction of sp³-hybridized carbons (Fsp3) is 0.300. The Bertz CT molecular complexity index is 1260. The maximum Gasteiger partial charge on any atom is 1.00 e. The van der Waals surface area contributed by atoms with Gasteiger partial charge in [-0.15, -0.1) is 10.2 Å². The standard InChI is InChI=1S/C20H21FN6O5.K.H/c1-10-24-25-16(32-10)15(29)23-20(2,3)19-22-13(14(28)18(31)27(19)5)17(30)26(4)12-8-6-11(21)7-9-12;;/h6-9,28H,1-5H3,(H,23,29);;/q;+1;-1. The van der Waals surface area contributed by atoms with Gasteiger partial charge >= 0.3 is 63.2 Å². The zero-order valence-electron chi connectivity index (χ0n) is 20.0. The third-order valence-electron chi connectivity index (χ3n) is 4.69. The van der Waals surface area contributed by atoms with Crippen molar-refractivity contribution >= 4 is 17.5 Å². The molecule has 2 amide bonds. The van der Waals surface area contributed by atoms with Gasteiger partial charge in [-0.2, -0.15) is 0 Å². The Hall–Kier alpha value is -2.45. The summed E-state index contributed by atoms with van der Waals surface area (Å²) in [6.07, 6.45) is 0. The molecule has 11 nitrogen and oxygen atoms in total. The van der Waals surface area contributed by atoms with E-state index < -0.39 is 40.2 Å². The maximum absolute atomic E-state index is 13.2. The largest absolute Gasteiger partial charge is 1.00 e. The van der Waals surface area contributed by atoms with Crippen molar-refractivity contribution in [2.24, 2.45) is 7.05 Å². The van der Waals surface area contributed by atoms with Crippen LogP contribution in [0.15, 0.2) is 33.5 Å². The first-order valence-electron chi connectivity index (χ1n) is 9.39. The first-order chi connectivity index (χ1) is 14.9. The van der Waals surface area contributed by atoms with Gasteiger partial charge in [-0.3, -0.25) is 19.0 Å². The van der Waals surface area contributed by atoms with Gasteiger partial charge in [-0.05, 0) is 38.1 Å². The number of anilines is 1. The SMILES string of the molecule is Cc1nnc(C(=O)NC(C)(C)c2nc(C(=O)N(C)c3ccc(F)cc3)c(O)c(=O)n2C)o1.[H-].[K+]. The number of carbonyl (C=O) groups is 2. The van der Waals surface area contributed by atoms with Crippen molar-refractivity contribution < 1.29 is 76.3 Å². The van der Waals surface area contributed by atoms with E-state index >= 15 is 0 Å². The van der Waals surface area contributed by atoms with Crippen molar-refractivity contribution in [3.8, 4) is 5.75 Å². The van der Waals surface area contributed by atoms with Crippen LogP contribution in [0.1, 0.15) is 48.2 Å². The van der Waals surface area contributed by atoms with Crippen LogP contribution in [-0.2, 0) is 12.6 Å². The number of aromatic hydroxyl groups is 1. The van der Waals surface area contributed by atoms with E-state index in [1.54, 1.807) is 13.8 Å². The predicted molar refractivity (Wildman–Crippen MR) is 111 cm³/mol. The summed E-state index contributed by atoms with van der Waals surface area (Å²) in [7, 11) is 2.73. The molecule has 170 valence electrons. The van der Waals surface area contributed by atoms with Crippen LogP contribution in [-0.4, -0.2) is 43.7 Å². The Kier molecular flexibility index (Phi) is 8.30. The number of benzene rings is 1. The summed E-state index contributed by atoms with van der Waals surface area (Å²) in [6, 6.07) is 5.06. The molecule has 0 saturated heterocycles. The molecule has 0 bridgehead atoms. The number of halogens is 1. The van der Waals surface area contributed by atoms with Crippen LogP contribution < -0.4 is 67.2 Å². The molecular formula is C20H22FKN6O5. The number of amides is 2. The number of hydrogen-bond acceptors (Lipinski definition) is 8. The van der Waals surface area contributed by atoms with Crippen LogP contribution in [0.3, 0.4) is 0 Å². The molecule has 2 aromatic heterocycles. The van der Waals surface area contributed by atoms with Crippen molar-refractivity contribution in [1.82, 2.24) is 25.1 Å². The van der Waals surface area contributed by atoms with E-state index in [2.05, 4.69) is 20.5 Å². The van der Waals surface area contributed by atoms with Gasteiger partial charge in [0.2, 0.25) is 11.6 Å². The first-order valence-corrected chi connectivity index (χ1v) is 9.39. The average molecular weight is 485 g/mol. The van der Waals surface area contributed by atoms with Crippen LogP contribution in [0.2, 0.25) is 0 Å². The van der Waals surface area contributed by atoms with E-state index in [9.17, 15) is 23.9 Å². The van der Waals surface area contributed by atoms with E-state index in [4.69, 9.17) is 4.42 Å². The third-order valence-corrected chi connectivity index (χ3v) is 4.69. The first kappa shape index (κ1) is 26.8. The zero-order valence-corrected chi connectivity index (χ0v) is 22.1. The molecule has 2 N–H and O–H groups in total. The summed E-state index contributed by atoms with van der Waals surface area (Å²) in [6.45, 7) is 4.62. The minimum absolute atomic E-state index is 0. The molecule has 13 heteroatoms. The molecule has 0 atom stereocenters. The van der Waals surface area contributed by atoms with Crippen molar-refractivity contribution in [2.75, 3.05) is 11.9 Å². The summed E-state index contributed by atoms with van der Waals surface area (Å²) in [5, 5.41) is 20.2. The molecule has 0 radical (unpaired) electrons. The van der Waals surface area contributed by atoms with Crippen molar-refractivity contribution in [1.29, 1.82) is 0 Å². The second-order valence-corrected chi connectivity index (χ2v) is 7.54. The number of nitrogens with zero attached hydrogens (tertiary/aromatic N) is 5. The number of aryl methyl sites for hydroxylation is 1. The minimum atomic E-state index is -1.29. The van der Waals surface area contributed by atoms with Gasteiger partial charge in [0, 0.05) is 26.7 Å². The van der Waals surface area contributed by atoms with Gasteiger partial charge in [0.05, 0.1) is 5.54 Å². The van der Waals surface area contributed by atoms with E-state index in [0.29, 0.717) is 5.69 Å². The molecule has 1 aromatic carbocycles. The minimum Gasteiger partial charge on any atom is -1.00 e. The van der Waals surface area contributed by atoms with Gasteiger partial charge in [-0.1, -0.05) is 0 Å². The van der Waals surface area contributed by atoms with Gasteiger partial charge in [0.15, 0.2) is 5.69 Å². The second-order valence-electron chi connectivity index (χ2n) is 7.54. The Labute approximate surface area is 231 Å². The fourth-order valence-corrected chi connectivity index (χ4v) is 3.02. The third kappa shape index (κ3) is 5.55.